The summed E-state index contributed by atoms with van der Waals surface area (Å²) in [6, 6.07) is 27.8. The van der Waals surface area contributed by atoms with E-state index in [2.05, 4.69) is 28.5 Å². The molecule has 1 aliphatic rings. The third-order valence-electron chi connectivity index (χ3n) is 6.75. The number of para-hydroxylation sites is 1. The highest BCUT2D eigenvalue weighted by atomic mass is 16.2. The van der Waals surface area contributed by atoms with Gasteiger partial charge in [0.1, 0.15) is 0 Å². The highest BCUT2D eigenvalue weighted by molar-refractivity contribution is 6.45. The van der Waals surface area contributed by atoms with E-state index >= 15 is 0 Å². The molecule has 3 aromatic carbocycles. The monoisotopic (exact) mass is 463 g/mol. The molecule has 1 atom stereocenters. The van der Waals surface area contributed by atoms with Gasteiger partial charge < -0.3 is 15.2 Å². The van der Waals surface area contributed by atoms with Crippen LogP contribution in [-0.4, -0.2) is 34.7 Å². The maximum atomic E-state index is 13.3. The van der Waals surface area contributed by atoms with Crippen LogP contribution in [-0.2, 0) is 22.4 Å². The minimum Gasteiger partial charge on any atom is -0.388 e. The van der Waals surface area contributed by atoms with Crippen molar-refractivity contribution in [1.82, 2.24) is 15.2 Å². The highest BCUT2D eigenvalue weighted by Gasteiger charge is 2.44. The number of rotatable bonds is 8. The molecule has 5 nitrogen and oxygen atoms in total. The first-order valence-electron chi connectivity index (χ1n) is 12.1. The van der Waals surface area contributed by atoms with E-state index in [1.807, 2.05) is 79.9 Å². The van der Waals surface area contributed by atoms with Gasteiger partial charge in [-0.3, -0.25) is 9.59 Å². The van der Waals surface area contributed by atoms with Gasteiger partial charge in [-0.05, 0) is 42.5 Å². The number of H-pyrrole nitrogens is 1. The van der Waals surface area contributed by atoms with Crippen molar-refractivity contribution in [1.29, 1.82) is 0 Å². The van der Waals surface area contributed by atoms with Crippen molar-refractivity contribution in [3.05, 3.63) is 119 Å². The summed E-state index contributed by atoms with van der Waals surface area (Å²) in [5.74, 6) is -0.847. The van der Waals surface area contributed by atoms with E-state index in [9.17, 15) is 9.59 Å². The molecular formula is C30H29N3O2. The number of ketones is 1. The Morgan fingerprint density at radius 1 is 0.886 bits per heavy atom. The second-order valence-corrected chi connectivity index (χ2v) is 8.95. The Kier molecular flexibility index (Phi) is 6.49. The van der Waals surface area contributed by atoms with E-state index in [4.69, 9.17) is 0 Å². The molecule has 0 unspecified atom stereocenters. The molecule has 5 heteroatoms. The van der Waals surface area contributed by atoms with Gasteiger partial charge in [-0.2, -0.15) is 0 Å². The van der Waals surface area contributed by atoms with Gasteiger partial charge in [-0.1, -0.05) is 78.9 Å². The number of carbonyl (C=O) groups is 2. The maximum Gasteiger partial charge on any atom is 0.295 e. The molecule has 1 aromatic heterocycles. The summed E-state index contributed by atoms with van der Waals surface area (Å²) in [5, 5.41) is 4.56. The summed E-state index contributed by atoms with van der Waals surface area (Å²) in [6.45, 7) is 3.06. The quantitative estimate of drug-likeness (QED) is 0.286. The third kappa shape index (κ3) is 4.62. The molecular weight excluding hydrogens is 434 g/mol. The first-order valence-corrected chi connectivity index (χ1v) is 12.1. The Bertz CT molecular complexity index is 1370. The normalized spacial score (nSPS) is 17.3. The Hall–Kier alpha value is -4.12. The SMILES string of the molecule is C/C(NCCc1ccccc1)=C1/C(=O)C(=O)N(CCc2c[nH]c3ccccc23)[C@H]1c1ccccc1. The van der Waals surface area contributed by atoms with Gasteiger partial charge in [-0.25, -0.2) is 0 Å². The number of amides is 1. The van der Waals surface area contributed by atoms with E-state index < -0.39 is 17.7 Å². The lowest BCUT2D eigenvalue weighted by Crippen LogP contribution is -2.31. The summed E-state index contributed by atoms with van der Waals surface area (Å²) in [4.78, 5) is 31.5. The number of aromatic nitrogens is 1. The number of Topliss-reactive ketones (excluding diaryl/α,β-unsaturated/α-hetero) is 1. The highest BCUT2D eigenvalue weighted by Crippen LogP contribution is 2.37. The van der Waals surface area contributed by atoms with Crippen LogP contribution in [0.4, 0.5) is 0 Å². The van der Waals surface area contributed by atoms with Gasteiger partial charge in [0.2, 0.25) is 0 Å². The molecule has 2 N–H and O–H groups in total. The molecule has 176 valence electrons. The number of carbonyl (C=O) groups excluding carboxylic acids is 2. The van der Waals surface area contributed by atoms with E-state index in [1.165, 1.54) is 5.56 Å². The van der Waals surface area contributed by atoms with E-state index in [-0.39, 0.29) is 0 Å². The number of likely N-dealkylation sites (tertiary alicyclic amines) is 1. The number of nitrogens with one attached hydrogen (secondary N) is 2. The van der Waals surface area contributed by atoms with E-state index in [0.717, 1.165) is 34.1 Å². The molecule has 35 heavy (non-hydrogen) atoms. The minimum absolute atomic E-state index is 0.398. The Morgan fingerprint density at radius 2 is 1.57 bits per heavy atom. The molecule has 0 aliphatic carbocycles. The maximum absolute atomic E-state index is 13.3. The number of fused-ring (bicyclic) bond motifs is 1. The van der Waals surface area contributed by atoms with E-state index in [0.29, 0.717) is 25.1 Å². The van der Waals surface area contributed by atoms with Crippen molar-refractivity contribution in [3.63, 3.8) is 0 Å². The van der Waals surface area contributed by atoms with Crippen LogP contribution in [0.15, 0.2) is 102 Å². The van der Waals surface area contributed by atoms with Crippen molar-refractivity contribution in [3.8, 4) is 0 Å². The predicted molar refractivity (Wildman–Crippen MR) is 139 cm³/mol. The number of benzene rings is 3. The number of allylic oxidation sites excluding steroid dienone is 1. The zero-order valence-corrected chi connectivity index (χ0v) is 19.8. The van der Waals surface area contributed by atoms with Gasteiger partial charge in [0, 0.05) is 35.9 Å². The molecule has 0 bridgehead atoms. The third-order valence-corrected chi connectivity index (χ3v) is 6.75. The second-order valence-electron chi connectivity index (χ2n) is 8.95. The summed E-state index contributed by atoms with van der Waals surface area (Å²) in [5.41, 5.74) is 5.71. The molecule has 1 fully saturated rings. The summed E-state index contributed by atoms with van der Waals surface area (Å²) < 4.78 is 0. The van der Waals surface area contributed by atoms with Crippen molar-refractivity contribution < 1.29 is 9.59 Å². The molecule has 1 amide bonds. The van der Waals surface area contributed by atoms with Gasteiger partial charge in [0.15, 0.2) is 0 Å². The summed E-state index contributed by atoms with van der Waals surface area (Å²) in [6.07, 6.45) is 3.51. The van der Waals surface area contributed by atoms with Gasteiger partial charge in [0.25, 0.3) is 11.7 Å². The zero-order valence-electron chi connectivity index (χ0n) is 19.8. The van der Waals surface area contributed by atoms with Crippen LogP contribution in [0.3, 0.4) is 0 Å². The first kappa shape index (κ1) is 22.7. The second kappa shape index (κ2) is 10.0. The fourth-order valence-corrected chi connectivity index (χ4v) is 4.94. The van der Waals surface area contributed by atoms with Crippen LogP contribution in [0.25, 0.3) is 10.9 Å². The lowest BCUT2D eigenvalue weighted by Gasteiger charge is -2.26. The minimum atomic E-state index is -0.432. The van der Waals surface area contributed by atoms with Gasteiger partial charge >= 0.3 is 0 Å². The Balaban J connectivity index is 1.41. The van der Waals surface area contributed by atoms with Crippen LogP contribution < -0.4 is 5.32 Å². The number of aromatic amines is 1. The molecule has 0 saturated carbocycles. The van der Waals surface area contributed by atoms with E-state index in [1.54, 1.807) is 4.90 Å². The molecule has 1 aliphatic heterocycles. The van der Waals surface area contributed by atoms with Gasteiger partial charge in [-0.15, -0.1) is 0 Å². The Morgan fingerprint density at radius 3 is 2.34 bits per heavy atom. The van der Waals surface area contributed by atoms with Crippen LogP contribution in [0.5, 0.6) is 0 Å². The largest absolute Gasteiger partial charge is 0.388 e. The van der Waals surface area contributed by atoms with Crippen molar-refractivity contribution >= 4 is 22.6 Å². The molecule has 0 spiro atoms. The number of nitrogens with zero attached hydrogens (tertiary/aromatic N) is 1. The average Bonchev–Trinajstić information content (AvgIpc) is 3.42. The summed E-state index contributed by atoms with van der Waals surface area (Å²) in [7, 11) is 0. The zero-order chi connectivity index (χ0) is 24.2. The lowest BCUT2D eigenvalue weighted by molar-refractivity contribution is -0.139. The molecule has 1 saturated heterocycles. The van der Waals surface area contributed by atoms with Crippen LogP contribution in [0.1, 0.15) is 29.7 Å². The number of hydrogen-bond donors (Lipinski definition) is 2. The fourth-order valence-electron chi connectivity index (χ4n) is 4.94. The van der Waals surface area contributed by atoms with Crippen molar-refractivity contribution in [2.24, 2.45) is 0 Å². The van der Waals surface area contributed by atoms with Crippen molar-refractivity contribution in [2.75, 3.05) is 13.1 Å². The van der Waals surface area contributed by atoms with Crippen LogP contribution in [0.2, 0.25) is 0 Å². The fraction of sp³-hybridized carbons (Fsp3) is 0.200. The standard InChI is InChI=1S/C30H29N3O2/c1-21(31-18-16-22-10-4-2-5-11-22)27-28(23-12-6-3-7-13-23)33(30(35)29(27)34)19-17-24-20-32-26-15-9-8-14-25(24)26/h2-15,20,28,31-32H,16-19H2,1H3/b27-21-/t28-/m0/s1. The number of hydrogen-bond acceptors (Lipinski definition) is 3. The predicted octanol–water partition coefficient (Wildman–Crippen LogP) is 4.97. The molecule has 2 heterocycles. The van der Waals surface area contributed by atoms with Crippen LogP contribution >= 0.6 is 0 Å². The smallest absolute Gasteiger partial charge is 0.295 e. The van der Waals surface area contributed by atoms with Crippen LogP contribution in [0, 0.1) is 0 Å². The van der Waals surface area contributed by atoms with Crippen molar-refractivity contribution in [2.45, 2.75) is 25.8 Å². The summed E-state index contributed by atoms with van der Waals surface area (Å²) >= 11 is 0. The molecule has 5 rings (SSSR count). The first-order chi connectivity index (χ1) is 17.1. The molecule has 4 aromatic rings. The van der Waals surface area contributed by atoms with Gasteiger partial charge in [0.05, 0.1) is 11.6 Å². The molecule has 0 radical (unpaired) electrons. The lowest BCUT2D eigenvalue weighted by atomic mass is 9.97. The average molecular weight is 464 g/mol. The Labute approximate surface area is 205 Å². The topological polar surface area (TPSA) is 65.2 Å².